The number of nitrogens with zero attached hydrogens (tertiary/aromatic N) is 3. The number of aryl methyl sites for hydroxylation is 1. The number of rotatable bonds is 2. The van der Waals surface area contributed by atoms with E-state index in [0.717, 1.165) is 42.9 Å². The van der Waals surface area contributed by atoms with E-state index >= 15 is 0 Å². The van der Waals surface area contributed by atoms with Gasteiger partial charge in [-0.3, -0.25) is 0 Å². The molecule has 1 aromatic heterocycles. The third-order valence-electron chi connectivity index (χ3n) is 4.39. The molecule has 3 heteroatoms. The van der Waals surface area contributed by atoms with Crippen LogP contribution in [0.3, 0.4) is 0 Å². The molecule has 0 N–H and O–H groups in total. The van der Waals surface area contributed by atoms with Crippen LogP contribution in [0.15, 0.2) is 54.2 Å². The number of benzene rings is 1. The molecule has 0 aliphatic carbocycles. The first-order valence-corrected chi connectivity index (χ1v) is 8.58. The lowest BCUT2D eigenvalue weighted by Gasteiger charge is -2.30. The third-order valence-corrected chi connectivity index (χ3v) is 4.39. The summed E-state index contributed by atoms with van der Waals surface area (Å²) in [4.78, 5) is 6.86. The van der Waals surface area contributed by atoms with Crippen LogP contribution in [0.2, 0.25) is 0 Å². The number of piperidine rings is 1. The Bertz CT molecular complexity index is 868. The summed E-state index contributed by atoms with van der Waals surface area (Å²) in [5, 5.41) is 8.77. The van der Waals surface area contributed by atoms with Crippen LogP contribution in [0, 0.1) is 30.1 Å². The van der Waals surface area contributed by atoms with Crippen molar-refractivity contribution in [3.63, 3.8) is 0 Å². The van der Waals surface area contributed by atoms with E-state index in [4.69, 9.17) is 5.26 Å². The molecule has 0 bridgehead atoms. The van der Waals surface area contributed by atoms with Crippen LogP contribution in [-0.4, -0.2) is 18.1 Å². The molecule has 0 amide bonds. The van der Waals surface area contributed by atoms with Gasteiger partial charge in [0.05, 0.1) is 12.5 Å². The van der Waals surface area contributed by atoms with Crippen molar-refractivity contribution in [3.8, 4) is 17.9 Å². The van der Waals surface area contributed by atoms with E-state index in [-0.39, 0.29) is 0 Å². The van der Waals surface area contributed by atoms with Crippen LogP contribution in [0.1, 0.15) is 29.5 Å². The van der Waals surface area contributed by atoms with Crippen molar-refractivity contribution >= 4 is 5.82 Å². The number of aromatic nitrogens is 1. The largest absolute Gasteiger partial charge is 0.356 e. The van der Waals surface area contributed by atoms with Gasteiger partial charge in [0, 0.05) is 24.8 Å². The first-order valence-electron chi connectivity index (χ1n) is 8.58. The maximum atomic E-state index is 8.77. The molecule has 124 valence electrons. The Morgan fingerprint density at radius 1 is 1.20 bits per heavy atom. The Kier molecular flexibility index (Phi) is 5.50. The second kappa shape index (κ2) is 8.18. The third kappa shape index (κ3) is 4.49. The Labute approximate surface area is 149 Å². The predicted octanol–water partition coefficient (Wildman–Crippen LogP) is 4.03. The van der Waals surface area contributed by atoms with Gasteiger partial charge in [-0.05, 0) is 55.2 Å². The first kappa shape index (κ1) is 16.8. The summed E-state index contributed by atoms with van der Waals surface area (Å²) in [7, 11) is 0. The van der Waals surface area contributed by atoms with Crippen LogP contribution in [0.4, 0.5) is 5.82 Å². The van der Waals surface area contributed by atoms with Crippen molar-refractivity contribution in [2.24, 2.45) is 0 Å². The van der Waals surface area contributed by atoms with Crippen molar-refractivity contribution in [2.75, 3.05) is 18.0 Å². The smallest absolute Gasteiger partial charge is 0.131 e. The van der Waals surface area contributed by atoms with Gasteiger partial charge in [-0.2, -0.15) is 5.26 Å². The van der Waals surface area contributed by atoms with Crippen molar-refractivity contribution in [3.05, 3.63) is 70.9 Å². The molecular formula is C22H21N3. The molecule has 3 rings (SSSR count). The van der Waals surface area contributed by atoms with E-state index in [1.165, 1.54) is 11.1 Å². The van der Waals surface area contributed by atoms with Gasteiger partial charge in [-0.1, -0.05) is 35.6 Å². The topological polar surface area (TPSA) is 39.9 Å². The van der Waals surface area contributed by atoms with Gasteiger partial charge in [0.25, 0.3) is 0 Å². The Balaban J connectivity index is 1.61. The molecule has 1 saturated heterocycles. The maximum Gasteiger partial charge on any atom is 0.131 e. The van der Waals surface area contributed by atoms with Crippen LogP contribution < -0.4 is 4.90 Å². The molecule has 1 fully saturated rings. The predicted molar refractivity (Wildman–Crippen MR) is 101 cm³/mol. The number of anilines is 1. The van der Waals surface area contributed by atoms with Gasteiger partial charge < -0.3 is 4.90 Å². The molecule has 0 spiro atoms. The van der Waals surface area contributed by atoms with E-state index in [2.05, 4.69) is 46.9 Å². The molecule has 3 nitrogen and oxygen atoms in total. The minimum atomic E-state index is 0.430. The summed E-state index contributed by atoms with van der Waals surface area (Å²) in [6.07, 6.45) is 6.40. The molecule has 1 aromatic carbocycles. The second-order valence-electron chi connectivity index (χ2n) is 6.24. The fourth-order valence-corrected chi connectivity index (χ4v) is 3.03. The van der Waals surface area contributed by atoms with Crippen LogP contribution in [-0.2, 0) is 6.42 Å². The molecule has 0 radical (unpaired) electrons. The summed E-state index contributed by atoms with van der Waals surface area (Å²) in [6.45, 7) is 4.09. The highest BCUT2D eigenvalue weighted by Gasteiger charge is 2.16. The van der Waals surface area contributed by atoms with Crippen molar-refractivity contribution in [2.45, 2.75) is 26.2 Å². The summed E-state index contributed by atoms with van der Waals surface area (Å²) in [5.41, 5.74) is 4.60. The van der Waals surface area contributed by atoms with Gasteiger partial charge >= 0.3 is 0 Å². The molecule has 1 aliphatic heterocycles. The first-order chi connectivity index (χ1) is 12.3. The van der Waals surface area contributed by atoms with Gasteiger partial charge in [-0.25, -0.2) is 4.98 Å². The highest BCUT2D eigenvalue weighted by atomic mass is 15.2. The molecular weight excluding hydrogens is 306 g/mol. The monoisotopic (exact) mass is 327 g/mol. The van der Waals surface area contributed by atoms with Gasteiger partial charge in [0.15, 0.2) is 0 Å². The second-order valence-corrected chi connectivity index (χ2v) is 6.24. The Morgan fingerprint density at radius 3 is 2.80 bits per heavy atom. The zero-order chi connectivity index (χ0) is 17.5. The molecule has 0 atom stereocenters. The highest BCUT2D eigenvalue weighted by molar-refractivity contribution is 5.47. The molecule has 0 unspecified atom stereocenters. The van der Waals surface area contributed by atoms with E-state index in [9.17, 15) is 0 Å². The SMILES string of the molecule is Cc1cccnc1N1CCC(=CC#Cc2cccc(CC#N)c2)CC1. The fourth-order valence-electron chi connectivity index (χ4n) is 3.03. The summed E-state index contributed by atoms with van der Waals surface area (Å²) < 4.78 is 0. The summed E-state index contributed by atoms with van der Waals surface area (Å²) >= 11 is 0. The fraction of sp³-hybridized carbons (Fsp3) is 0.273. The number of hydrogen-bond acceptors (Lipinski definition) is 3. The van der Waals surface area contributed by atoms with E-state index in [1.54, 1.807) is 0 Å². The zero-order valence-corrected chi connectivity index (χ0v) is 14.5. The highest BCUT2D eigenvalue weighted by Crippen LogP contribution is 2.23. The van der Waals surface area contributed by atoms with Gasteiger partial charge in [0.1, 0.15) is 5.82 Å². The normalized spacial score (nSPS) is 13.6. The number of hydrogen-bond donors (Lipinski definition) is 0. The van der Waals surface area contributed by atoms with Crippen molar-refractivity contribution < 1.29 is 0 Å². The number of allylic oxidation sites excluding steroid dienone is 1. The van der Waals surface area contributed by atoms with E-state index in [1.807, 2.05) is 36.5 Å². The Hall–Kier alpha value is -3.04. The molecule has 1 aliphatic rings. The molecule has 2 heterocycles. The summed E-state index contributed by atoms with van der Waals surface area (Å²) in [6, 6.07) is 14.2. The zero-order valence-electron chi connectivity index (χ0n) is 14.5. The maximum absolute atomic E-state index is 8.77. The average Bonchev–Trinajstić information content (AvgIpc) is 2.64. The molecule has 0 saturated carbocycles. The van der Waals surface area contributed by atoms with Crippen molar-refractivity contribution in [1.29, 1.82) is 5.26 Å². The standard InChI is InChI=1S/C22H21N3/c1-18-5-4-14-24-22(18)25-15-11-19(12-16-25)6-2-7-20-8-3-9-21(17-20)10-13-23/h3-6,8-9,14,17H,10-12,15-16H2,1H3. The van der Waals surface area contributed by atoms with Crippen molar-refractivity contribution in [1.82, 2.24) is 4.98 Å². The quantitative estimate of drug-likeness (QED) is 0.782. The lowest BCUT2D eigenvalue weighted by atomic mass is 10.0. The molecule has 25 heavy (non-hydrogen) atoms. The summed E-state index contributed by atoms with van der Waals surface area (Å²) in [5.74, 6) is 7.46. The minimum absolute atomic E-state index is 0.430. The number of nitriles is 1. The lowest BCUT2D eigenvalue weighted by Crippen LogP contribution is -2.31. The van der Waals surface area contributed by atoms with Crippen LogP contribution in [0.25, 0.3) is 0 Å². The molecule has 2 aromatic rings. The number of pyridine rings is 1. The lowest BCUT2D eigenvalue weighted by molar-refractivity contribution is 0.675. The average molecular weight is 327 g/mol. The van der Waals surface area contributed by atoms with Gasteiger partial charge in [0.2, 0.25) is 0 Å². The van der Waals surface area contributed by atoms with Gasteiger partial charge in [-0.15, -0.1) is 0 Å². The van der Waals surface area contributed by atoms with Crippen LogP contribution >= 0.6 is 0 Å². The minimum Gasteiger partial charge on any atom is -0.356 e. The Morgan fingerprint density at radius 2 is 2.04 bits per heavy atom. The van der Waals surface area contributed by atoms with E-state index < -0.39 is 0 Å². The van der Waals surface area contributed by atoms with E-state index in [0.29, 0.717) is 6.42 Å². The van der Waals surface area contributed by atoms with Crippen LogP contribution in [0.5, 0.6) is 0 Å².